The van der Waals surface area contributed by atoms with Crippen molar-refractivity contribution in [2.45, 2.75) is 31.3 Å². The lowest BCUT2D eigenvalue weighted by Crippen LogP contribution is -2.22. The average molecular weight is 320 g/mol. The van der Waals surface area contributed by atoms with E-state index in [1.54, 1.807) is 24.4 Å². The number of sulfone groups is 1. The zero-order chi connectivity index (χ0) is 16.2. The molecule has 118 valence electrons. The van der Waals surface area contributed by atoms with Crippen molar-refractivity contribution in [1.82, 2.24) is 10.3 Å². The summed E-state index contributed by atoms with van der Waals surface area (Å²) < 4.78 is 29.0. The first-order valence-electron chi connectivity index (χ1n) is 7.01. The van der Waals surface area contributed by atoms with Crippen LogP contribution in [0.4, 0.5) is 0 Å². The lowest BCUT2D eigenvalue weighted by molar-refractivity contribution is 0.448. The molecule has 0 radical (unpaired) electrons. The molecule has 1 aromatic carbocycles. The van der Waals surface area contributed by atoms with Crippen molar-refractivity contribution in [3.8, 4) is 11.6 Å². The van der Waals surface area contributed by atoms with Crippen LogP contribution in [0.1, 0.15) is 19.4 Å². The number of ether oxygens (including phenoxy) is 1. The minimum atomic E-state index is -3.26. The van der Waals surface area contributed by atoms with Gasteiger partial charge in [0.25, 0.3) is 0 Å². The summed E-state index contributed by atoms with van der Waals surface area (Å²) in [5.41, 5.74) is 0.918. The fourth-order valence-electron chi connectivity index (χ4n) is 1.84. The van der Waals surface area contributed by atoms with E-state index >= 15 is 0 Å². The summed E-state index contributed by atoms with van der Waals surface area (Å²) in [6, 6.07) is 10.5. The van der Waals surface area contributed by atoms with E-state index in [4.69, 9.17) is 4.74 Å². The highest BCUT2D eigenvalue weighted by Crippen LogP contribution is 2.25. The molecule has 22 heavy (non-hydrogen) atoms. The Kier molecular flexibility index (Phi) is 5.15. The quantitative estimate of drug-likeness (QED) is 0.886. The highest BCUT2D eigenvalue weighted by Gasteiger charge is 2.10. The van der Waals surface area contributed by atoms with Gasteiger partial charge in [0.15, 0.2) is 9.84 Å². The number of pyridine rings is 1. The van der Waals surface area contributed by atoms with Gasteiger partial charge in [0, 0.05) is 30.6 Å². The largest absolute Gasteiger partial charge is 0.439 e. The summed E-state index contributed by atoms with van der Waals surface area (Å²) in [6.07, 6.45) is 2.82. The van der Waals surface area contributed by atoms with Crippen molar-refractivity contribution in [2.75, 3.05) is 6.26 Å². The van der Waals surface area contributed by atoms with Crippen LogP contribution in [0.5, 0.6) is 11.6 Å². The van der Waals surface area contributed by atoms with Crippen molar-refractivity contribution >= 4 is 9.84 Å². The van der Waals surface area contributed by atoms with E-state index in [-0.39, 0.29) is 4.90 Å². The molecule has 0 bridgehead atoms. The van der Waals surface area contributed by atoms with Gasteiger partial charge in [0.2, 0.25) is 5.88 Å². The first kappa shape index (κ1) is 16.5. The zero-order valence-corrected chi connectivity index (χ0v) is 13.7. The van der Waals surface area contributed by atoms with Crippen LogP contribution in [0.25, 0.3) is 0 Å². The summed E-state index contributed by atoms with van der Waals surface area (Å²) >= 11 is 0. The topological polar surface area (TPSA) is 68.3 Å². The Balaban J connectivity index is 2.24. The highest BCUT2D eigenvalue weighted by molar-refractivity contribution is 7.90. The Labute approximate surface area is 131 Å². The van der Waals surface area contributed by atoms with Gasteiger partial charge in [-0.1, -0.05) is 26.0 Å². The number of rotatable bonds is 6. The maximum absolute atomic E-state index is 11.6. The molecule has 0 aliphatic rings. The molecule has 0 aliphatic carbocycles. The molecule has 1 aromatic heterocycles. The molecule has 0 atom stereocenters. The molecule has 0 saturated carbocycles. The molecule has 0 unspecified atom stereocenters. The average Bonchev–Trinajstić information content (AvgIpc) is 2.46. The second-order valence-electron chi connectivity index (χ2n) is 5.35. The van der Waals surface area contributed by atoms with Crippen LogP contribution in [0, 0.1) is 0 Å². The summed E-state index contributed by atoms with van der Waals surface area (Å²) in [5, 5.41) is 3.31. The van der Waals surface area contributed by atoms with Crippen molar-refractivity contribution in [1.29, 1.82) is 0 Å². The molecule has 0 spiro atoms. The van der Waals surface area contributed by atoms with Crippen molar-refractivity contribution < 1.29 is 13.2 Å². The van der Waals surface area contributed by atoms with Gasteiger partial charge in [0.05, 0.1) is 4.90 Å². The molecule has 2 rings (SSSR count). The minimum Gasteiger partial charge on any atom is -0.439 e. The van der Waals surface area contributed by atoms with Gasteiger partial charge in [0.1, 0.15) is 5.75 Å². The molecule has 0 aliphatic heterocycles. The Morgan fingerprint density at radius 2 is 2.00 bits per heavy atom. The first-order chi connectivity index (χ1) is 10.4. The number of benzene rings is 1. The summed E-state index contributed by atoms with van der Waals surface area (Å²) in [4.78, 5) is 4.46. The molecule has 0 fully saturated rings. The van der Waals surface area contributed by atoms with Crippen LogP contribution in [-0.4, -0.2) is 25.7 Å². The smallest absolute Gasteiger partial charge is 0.223 e. The summed E-state index contributed by atoms with van der Waals surface area (Å²) in [7, 11) is -3.26. The van der Waals surface area contributed by atoms with Gasteiger partial charge in [-0.3, -0.25) is 0 Å². The highest BCUT2D eigenvalue weighted by atomic mass is 32.2. The second kappa shape index (κ2) is 6.89. The molecule has 1 N–H and O–H groups in total. The molecule has 5 nitrogen and oxygen atoms in total. The maximum Gasteiger partial charge on any atom is 0.223 e. The Morgan fingerprint density at radius 1 is 1.23 bits per heavy atom. The van der Waals surface area contributed by atoms with Crippen molar-refractivity contribution in [3.05, 3.63) is 48.2 Å². The number of nitrogens with one attached hydrogen (secondary N) is 1. The van der Waals surface area contributed by atoms with Gasteiger partial charge in [-0.15, -0.1) is 0 Å². The Hall–Kier alpha value is -1.92. The van der Waals surface area contributed by atoms with Crippen LogP contribution in [0.3, 0.4) is 0 Å². The van der Waals surface area contributed by atoms with E-state index in [2.05, 4.69) is 24.1 Å². The predicted octanol–water partition coefficient (Wildman–Crippen LogP) is 2.78. The van der Waals surface area contributed by atoms with Crippen LogP contribution in [0.15, 0.2) is 47.5 Å². The molecular weight excluding hydrogens is 300 g/mol. The van der Waals surface area contributed by atoms with Gasteiger partial charge >= 0.3 is 0 Å². The SMILES string of the molecule is CC(C)NCc1cccnc1Oc1cccc(S(C)(=O)=O)c1. The number of aromatic nitrogens is 1. The van der Waals surface area contributed by atoms with E-state index in [1.165, 1.54) is 12.3 Å². The minimum absolute atomic E-state index is 0.225. The normalized spacial score (nSPS) is 11.6. The third-order valence-corrected chi connectivity index (χ3v) is 4.11. The van der Waals surface area contributed by atoms with Crippen LogP contribution >= 0.6 is 0 Å². The predicted molar refractivity (Wildman–Crippen MR) is 85.8 cm³/mol. The van der Waals surface area contributed by atoms with Crippen LogP contribution < -0.4 is 10.1 Å². The molecular formula is C16H20N2O3S. The number of hydrogen-bond donors (Lipinski definition) is 1. The van der Waals surface area contributed by atoms with Crippen molar-refractivity contribution in [3.63, 3.8) is 0 Å². The van der Waals surface area contributed by atoms with E-state index in [0.717, 1.165) is 5.56 Å². The summed E-state index contributed by atoms with van der Waals surface area (Å²) in [5.74, 6) is 0.925. The third-order valence-electron chi connectivity index (χ3n) is 3.00. The van der Waals surface area contributed by atoms with Gasteiger partial charge in [-0.05, 0) is 24.3 Å². The van der Waals surface area contributed by atoms with Gasteiger partial charge < -0.3 is 10.1 Å². The van der Waals surface area contributed by atoms with E-state index < -0.39 is 9.84 Å². The van der Waals surface area contributed by atoms with Gasteiger partial charge in [-0.25, -0.2) is 13.4 Å². The van der Waals surface area contributed by atoms with Crippen molar-refractivity contribution in [2.24, 2.45) is 0 Å². The molecule has 6 heteroatoms. The Morgan fingerprint density at radius 3 is 2.68 bits per heavy atom. The molecule has 0 saturated heterocycles. The lowest BCUT2D eigenvalue weighted by atomic mass is 10.2. The van der Waals surface area contributed by atoms with Crippen LogP contribution in [0.2, 0.25) is 0 Å². The fourth-order valence-corrected chi connectivity index (χ4v) is 2.50. The lowest BCUT2D eigenvalue weighted by Gasteiger charge is -2.12. The second-order valence-corrected chi connectivity index (χ2v) is 7.37. The molecule has 0 amide bonds. The fraction of sp³-hybridized carbons (Fsp3) is 0.312. The number of nitrogens with zero attached hydrogens (tertiary/aromatic N) is 1. The molecule has 1 heterocycles. The zero-order valence-electron chi connectivity index (χ0n) is 12.9. The first-order valence-corrected chi connectivity index (χ1v) is 8.90. The maximum atomic E-state index is 11.6. The third kappa shape index (κ3) is 4.54. The standard InChI is InChI=1S/C16H20N2O3S/c1-12(2)18-11-13-6-5-9-17-16(13)21-14-7-4-8-15(10-14)22(3,19)20/h4-10,12,18H,11H2,1-3H3. The van der Waals surface area contributed by atoms with E-state index in [9.17, 15) is 8.42 Å². The number of hydrogen-bond acceptors (Lipinski definition) is 5. The monoisotopic (exact) mass is 320 g/mol. The van der Waals surface area contributed by atoms with E-state index in [1.807, 2.05) is 12.1 Å². The molecule has 2 aromatic rings. The Bertz CT molecular complexity index is 743. The van der Waals surface area contributed by atoms with E-state index in [0.29, 0.717) is 24.2 Å². The van der Waals surface area contributed by atoms with Gasteiger partial charge in [-0.2, -0.15) is 0 Å². The summed E-state index contributed by atoms with van der Waals surface area (Å²) in [6.45, 7) is 4.76. The van der Waals surface area contributed by atoms with Crippen LogP contribution in [-0.2, 0) is 16.4 Å².